The van der Waals surface area contributed by atoms with Gasteiger partial charge in [0.1, 0.15) is 22.5 Å². The predicted molar refractivity (Wildman–Crippen MR) is 130 cm³/mol. The second-order valence-electron chi connectivity index (χ2n) is 9.80. The van der Waals surface area contributed by atoms with Gasteiger partial charge in [0, 0.05) is 5.56 Å². The average molecular weight is 464 g/mol. The van der Waals surface area contributed by atoms with Gasteiger partial charge in [0.2, 0.25) is 9.84 Å². The zero-order chi connectivity index (χ0) is 24.1. The second kappa shape index (κ2) is 7.99. The fourth-order valence-corrected chi connectivity index (χ4v) is 5.10. The summed E-state index contributed by atoms with van der Waals surface area (Å²) in [6, 6.07) is 15.5. The van der Waals surface area contributed by atoms with Crippen LogP contribution >= 0.6 is 0 Å². The third-order valence-electron chi connectivity index (χ3n) is 5.78. The van der Waals surface area contributed by atoms with Gasteiger partial charge in [-0.1, -0.05) is 52.8 Å². The lowest BCUT2D eigenvalue weighted by Crippen LogP contribution is -2.13. The van der Waals surface area contributed by atoms with Crippen molar-refractivity contribution in [1.29, 1.82) is 0 Å². The van der Waals surface area contributed by atoms with E-state index in [1.807, 2.05) is 52.0 Å². The summed E-state index contributed by atoms with van der Waals surface area (Å²) in [6.45, 7) is 12.2. The van der Waals surface area contributed by atoms with E-state index in [-0.39, 0.29) is 21.0 Å². The molecule has 0 radical (unpaired) electrons. The van der Waals surface area contributed by atoms with Gasteiger partial charge in [-0.3, -0.25) is 0 Å². The number of benzene rings is 3. The summed E-state index contributed by atoms with van der Waals surface area (Å²) in [5.41, 5.74) is 4.04. The monoisotopic (exact) mass is 463 g/mol. The molecule has 4 aromatic rings. The number of aromatic nitrogens is 3. The molecule has 0 saturated carbocycles. The molecule has 7 heteroatoms. The molecule has 0 saturated heterocycles. The molecule has 0 aliphatic heterocycles. The minimum Gasteiger partial charge on any atom is -0.505 e. The Labute approximate surface area is 194 Å². The SMILES string of the molecule is Cc1cc(-n2nc3ccc(S(=O)(=O)c4ccc(C(C)C)cc4)cc3n2)c(O)c(C(C)(C)C)c1. The van der Waals surface area contributed by atoms with Crippen molar-refractivity contribution in [3.63, 3.8) is 0 Å². The third-order valence-corrected chi connectivity index (χ3v) is 7.54. The van der Waals surface area contributed by atoms with Crippen LogP contribution in [0, 0.1) is 6.92 Å². The Morgan fingerprint density at radius 1 is 0.879 bits per heavy atom. The van der Waals surface area contributed by atoms with E-state index in [0.29, 0.717) is 22.6 Å². The van der Waals surface area contributed by atoms with E-state index in [0.717, 1.165) is 16.7 Å². The maximum atomic E-state index is 13.2. The molecule has 1 aromatic heterocycles. The topological polar surface area (TPSA) is 85.1 Å². The van der Waals surface area contributed by atoms with E-state index in [1.54, 1.807) is 24.3 Å². The van der Waals surface area contributed by atoms with Crippen LogP contribution in [0.1, 0.15) is 57.2 Å². The molecule has 0 amide bonds. The predicted octanol–water partition coefficient (Wildman–Crippen LogP) is 5.69. The summed E-state index contributed by atoms with van der Waals surface area (Å²) in [4.78, 5) is 1.77. The molecule has 0 unspecified atom stereocenters. The molecule has 0 bridgehead atoms. The fourth-order valence-electron chi connectivity index (χ4n) is 3.82. The van der Waals surface area contributed by atoms with Crippen molar-refractivity contribution < 1.29 is 13.5 Å². The zero-order valence-corrected chi connectivity index (χ0v) is 20.6. The number of phenolic OH excluding ortho intramolecular Hbond substituents is 1. The van der Waals surface area contributed by atoms with Crippen LogP contribution in [0.25, 0.3) is 16.7 Å². The first-order valence-corrected chi connectivity index (χ1v) is 12.4. The number of sulfone groups is 1. The van der Waals surface area contributed by atoms with Gasteiger partial charge in [0.05, 0.1) is 9.79 Å². The van der Waals surface area contributed by atoms with Crippen molar-refractivity contribution in [2.75, 3.05) is 0 Å². The number of aromatic hydroxyl groups is 1. The molecule has 172 valence electrons. The second-order valence-corrected chi connectivity index (χ2v) is 11.7. The van der Waals surface area contributed by atoms with E-state index >= 15 is 0 Å². The quantitative estimate of drug-likeness (QED) is 0.420. The maximum Gasteiger partial charge on any atom is 0.206 e. The summed E-state index contributed by atoms with van der Waals surface area (Å²) in [6.07, 6.45) is 0. The van der Waals surface area contributed by atoms with Crippen molar-refractivity contribution in [2.24, 2.45) is 0 Å². The van der Waals surface area contributed by atoms with Gasteiger partial charge in [-0.25, -0.2) is 8.42 Å². The first kappa shape index (κ1) is 23.0. The van der Waals surface area contributed by atoms with Crippen molar-refractivity contribution in [3.05, 3.63) is 71.3 Å². The number of fused-ring (bicyclic) bond motifs is 1. The molecule has 0 fully saturated rings. The number of rotatable bonds is 4. The fraction of sp³-hybridized carbons (Fsp3) is 0.308. The van der Waals surface area contributed by atoms with Crippen LogP contribution < -0.4 is 0 Å². The third kappa shape index (κ3) is 4.25. The van der Waals surface area contributed by atoms with Gasteiger partial charge >= 0.3 is 0 Å². The lowest BCUT2D eigenvalue weighted by Gasteiger charge is -2.22. The molecule has 4 rings (SSSR count). The Hall–Kier alpha value is -3.19. The Bertz CT molecular complexity index is 1440. The molecule has 0 atom stereocenters. The molecule has 33 heavy (non-hydrogen) atoms. The van der Waals surface area contributed by atoms with E-state index in [2.05, 4.69) is 24.0 Å². The zero-order valence-electron chi connectivity index (χ0n) is 19.8. The molecule has 1 heterocycles. The molecule has 1 N–H and O–H groups in total. The van der Waals surface area contributed by atoms with Gasteiger partial charge in [-0.2, -0.15) is 0 Å². The number of hydrogen-bond donors (Lipinski definition) is 1. The molecule has 0 aliphatic carbocycles. The normalized spacial score (nSPS) is 12.6. The Balaban J connectivity index is 1.78. The minimum atomic E-state index is -3.70. The van der Waals surface area contributed by atoms with Crippen molar-refractivity contribution >= 4 is 20.9 Å². The van der Waals surface area contributed by atoms with Crippen LogP contribution in [-0.2, 0) is 15.3 Å². The van der Waals surface area contributed by atoms with E-state index in [9.17, 15) is 13.5 Å². The molecule has 3 aromatic carbocycles. The Morgan fingerprint density at radius 3 is 2.09 bits per heavy atom. The largest absolute Gasteiger partial charge is 0.505 e. The van der Waals surface area contributed by atoms with Crippen LogP contribution in [0.5, 0.6) is 5.75 Å². The minimum absolute atomic E-state index is 0.117. The summed E-state index contributed by atoms with van der Waals surface area (Å²) in [5, 5.41) is 19.9. The Kier molecular flexibility index (Phi) is 5.56. The van der Waals surface area contributed by atoms with Crippen LogP contribution in [0.4, 0.5) is 0 Å². The molecular formula is C26H29N3O3S. The average Bonchev–Trinajstić information content (AvgIpc) is 3.17. The highest BCUT2D eigenvalue weighted by Crippen LogP contribution is 2.36. The van der Waals surface area contributed by atoms with E-state index < -0.39 is 9.84 Å². The van der Waals surface area contributed by atoms with Gasteiger partial charge in [-0.15, -0.1) is 15.0 Å². The summed E-state index contributed by atoms with van der Waals surface area (Å²) >= 11 is 0. The lowest BCUT2D eigenvalue weighted by atomic mass is 9.85. The van der Waals surface area contributed by atoms with Crippen LogP contribution in [0.15, 0.2) is 64.4 Å². The molecular weight excluding hydrogens is 434 g/mol. The van der Waals surface area contributed by atoms with Gasteiger partial charge < -0.3 is 5.11 Å². The van der Waals surface area contributed by atoms with Crippen molar-refractivity contribution in [3.8, 4) is 11.4 Å². The van der Waals surface area contributed by atoms with Gasteiger partial charge in [-0.05, 0) is 65.8 Å². The standard InChI is InChI=1S/C26H29N3O3S/c1-16(2)18-7-9-19(10-8-18)33(31,32)20-11-12-22-23(15-20)28-29(27-22)24-14-17(3)13-21(25(24)30)26(4,5)6/h7-16,30H,1-6H3. The summed E-state index contributed by atoms with van der Waals surface area (Å²) in [7, 11) is -3.70. The molecule has 0 spiro atoms. The number of nitrogens with zero attached hydrogens (tertiary/aromatic N) is 3. The number of hydrogen-bond acceptors (Lipinski definition) is 5. The molecule has 0 aliphatic rings. The number of phenols is 1. The molecule has 6 nitrogen and oxygen atoms in total. The van der Waals surface area contributed by atoms with Crippen LogP contribution in [-0.4, -0.2) is 28.5 Å². The van der Waals surface area contributed by atoms with E-state index in [4.69, 9.17) is 0 Å². The highest BCUT2D eigenvalue weighted by Gasteiger charge is 2.23. The van der Waals surface area contributed by atoms with Crippen LogP contribution in [0.3, 0.4) is 0 Å². The summed E-state index contributed by atoms with van der Waals surface area (Å²) in [5.74, 6) is 0.441. The smallest absolute Gasteiger partial charge is 0.206 e. The van der Waals surface area contributed by atoms with E-state index in [1.165, 1.54) is 10.9 Å². The van der Waals surface area contributed by atoms with Gasteiger partial charge in [0.25, 0.3) is 0 Å². The highest BCUT2D eigenvalue weighted by molar-refractivity contribution is 7.91. The van der Waals surface area contributed by atoms with Crippen LogP contribution in [0.2, 0.25) is 0 Å². The highest BCUT2D eigenvalue weighted by atomic mass is 32.2. The maximum absolute atomic E-state index is 13.2. The summed E-state index contributed by atoms with van der Waals surface area (Å²) < 4.78 is 26.4. The van der Waals surface area contributed by atoms with Crippen molar-refractivity contribution in [1.82, 2.24) is 15.0 Å². The first-order chi connectivity index (χ1) is 15.4. The van der Waals surface area contributed by atoms with Crippen molar-refractivity contribution in [2.45, 2.75) is 62.7 Å². The first-order valence-electron chi connectivity index (χ1n) is 10.9. The lowest BCUT2D eigenvalue weighted by molar-refractivity contribution is 0.440. The van der Waals surface area contributed by atoms with Gasteiger partial charge in [0.15, 0.2) is 0 Å². The Morgan fingerprint density at radius 2 is 1.48 bits per heavy atom. The number of aryl methyl sites for hydroxylation is 1.